The lowest BCUT2D eigenvalue weighted by molar-refractivity contribution is 0.0954. The van der Waals surface area contributed by atoms with Crippen LogP contribution in [-0.2, 0) is 6.54 Å². The molecule has 0 radical (unpaired) electrons. The van der Waals surface area contributed by atoms with Crippen molar-refractivity contribution in [3.05, 3.63) is 77.6 Å². The first kappa shape index (κ1) is 22.6. The molecule has 2 atom stereocenters. The van der Waals surface area contributed by atoms with E-state index in [2.05, 4.69) is 26.6 Å². The molecular weight excluding hydrogens is 462 g/mol. The molecule has 0 aliphatic carbocycles. The van der Waals surface area contributed by atoms with Crippen molar-refractivity contribution < 1.29 is 13.6 Å². The molecule has 2 amide bonds. The van der Waals surface area contributed by atoms with E-state index in [9.17, 15) is 13.6 Å². The number of anilines is 1. The zero-order chi connectivity index (χ0) is 24.8. The van der Waals surface area contributed by atoms with Crippen LogP contribution in [0.5, 0.6) is 0 Å². The van der Waals surface area contributed by atoms with E-state index in [1.54, 1.807) is 16.0 Å². The lowest BCUT2D eigenvalue weighted by atomic mass is 9.92. The molecule has 9 heteroatoms. The minimum Gasteiger partial charge on any atom is -0.315 e. The molecule has 2 aliphatic heterocycles. The van der Waals surface area contributed by atoms with Crippen molar-refractivity contribution in [1.82, 2.24) is 25.0 Å². The number of carbonyl (C=O) groups excluding carboxylic acids is 1. The number of fused-ring (bicyclic) bond motifs is 2. The van der Waals surface area contributed by atoms with Gasteiger partial charge in [-0.3, -0.25) is 15.0 Å². The maximum atomic E-state index is 13.3. The first-order chi connectivity index (χ1) is 17.5. The second-order valence-corrected chi connectivity index (χ2v) is 9.57. The van der Waals surface area contributed by atoms with E-state index < -0.39 is 6.43 Å². The van der Waals surface area contributed by atoms with Crippen LogP contribution in [0.3, 0.4) is 0 Å². The third-order valence-corrected chi connectivity index (χ3v) is 7.19. The average Bonchev–Trinajstić information content (AvgIpc) is 3.46. The fourth-order valence-corrected chi connectivity index (χ4v) is 5.53. The Bertz CT molecular complexity index is 1420. The number of pyridine rings is 1. The molecule has 6 rings (SSSR count). The number of rotatable bonds is 5. The molecule has 0 spiro atoms. The van der Waals surface area contributed by atoms with Gasteiger partial charge in [-0.15, -0.1) is 0 Å². The third kappa shape index (κ3) is 4.09. The Morgan fingerprint density at radius 3 is 2.72 bits per heavy atom. The second kappa shape index (κ2) is 8.98. The van der Waals surface area contributed by atoms with Gasteiger partial charge in [0.1, 0.15) is 5.69 Å². The molecule has 1 saturated heterocycles. The Labute approximate surface area is 207 Å². The van der Waals surface area contributed by atoms with Crippen LogP contribution in [0, 0.1) is 6.92 Å². The van der Waals surface area contributed by atoms with E-state index in [4.69, 9.17) is 0 Å². The summed E-state index contributed by atoms with van der Waals surface area (Å²) in [7, 11) is 0. The number of carbonyl (C=O) groups is 1. The van der Waals surface area contributed by atoms with E-state index in [1.165, 1.54) is 0 Å². The Balaban J connectivity index is 1.35. The molecule has 0 unspecified atom stereocenters. The van der Waals surface area contributed by atoms with Crippen molar-refractivity contribution >= 4 is 22.6 Å². The molecule has 7 nitrogen and oxygen atoms in total. The van der Waals surface area contributed by atoms with Crippen LogP contribution in [-0.4, -0.2) is 63.1 Å². The minimum atomic E-state index is -2.42. The summed E-state index contributed by atoms with van der Waals surface area (Å²) < 4.78 is 26.5. The van der Waals surface area contributed by atoms with Gasteiger partial charge in [0.25, 0.3) is 6.43 Å². The molecule has 2 N–H and O–H groups in total. The van der Waals surface area contributed by atoms with Gasteiger partial charge in [-0.05, 0) is 42.3 Å². The number of hydrogen-bond donors (Lipinski definition) is 2. The summed E-state index contributed by atoms with van der Waals surface area (Å²) in [5, 5.41) is 11.6. The molecule has 1 fully saturated rings. The number of amides is 2. The molecule has 4 heterocycles. The predicted molar refractivity (Wildman–Crippen MR) is 134 cm³/mol. The fourth-order valence-electron chi connectivity index (χ4n) is 5.53. The van der Waals surface area contributed by atoms with Crippen molar-refractivity contribution in [1.29, 1.82) is 0 Å². The van der Waals surface area contributed by atoms with Gasteiger partial charge in [-0.2, -0.15) is 5.10 Å². The van der Waals surface area contributed by atoms with Gasteiger partial charge in [0, 0.05) is 54.1 Å². The highest BCUT2D eigenvalue weighted by Gasteiger charge is 2.41. The van der Waals surface area contributed by atoms with E-state index in [-0.39, 0.29) is 24.5 Å². The summed E-state index contributed by atoms with van der Waals surface area (Å²) in [5.41, 5.74) is 6.29. The molecular formula is C27H26F2N6O. The highest BCUT2D eigenvalue weighted by Crippen LogP contribution is 2.37. The largest absolute Gasteiger partial charge is 0.322 e. The summed E-state index contributed by atoms with van der Waals surface area (Å²) in [4.78, 5) is 21.1. The van der Waals surface area contributed by atoms with E-state index in [1.807, 2.05) is 55.5 Å². The highest BCUT2D eigenvalue weighted by atomic mass is 19.3. The zero-order valence-electron chi connectivity index (χ0n) is 19.8. The molecule has 36 heavy (non-hydrogen) atoms. The molecule has 2 aromatic heterocycles. The third-order valence-electron chi connectivity index (χ3n) is 7.19. The number of halogens is 2. The van der Waals surface area contributed by atoms with Crippen molar-refractivity contribution in [3.8, 4) is 11.3 Å². The summed E-state index contributed by atoms with van der Waals surface area (Å²) in [6, 6.07) is 17.3. The number of nitrogens with zero attached hydrogens (tertiary/aromatic N) is 4. The fraction of sp³-hybridized carbons (Fsp3) is 0.296. The number of H-pyrrole nitrogens is 1. The summed E-state index contributed by atoms with van der Waals surface area (Å²) >= 11 is 0. The summed E-state index contributed by atoms with van der Waals surface area (Å²) in [6.07, 6.45) is -0.652. The smallest absolute Gasteiger partial charge is 0.315 e. The van der Waals surface area contributed by atoms with Crippen LogP contribution in [0.1, 0.15) is 22.7 Å². The molecule has 2 aromatic carbocycles. The predicted octanol–water partition coefficient (Wildman–Crippen LogP) is 5.01. The quantitative estimate of drug-likeness (QED) is 0.414. The average molecular weight is 489 g/mol. The number of hydrogen-bond acceptors (Lipinski definition) is 4. The van der Waals surface area contributed by atoms with Crippen LogP contribution in [0.4, 0.5) is 19.3 Å². The molecule has 2 aliphatic rings. The second-order valence-electron chi connectivity index (χ2n) is 9.57. The van der Waals surface area contributed by atoms with Crippen molar-refractivity contribution in [2.75, 3.05) is 25.0 Å². The topological polar surface area (TPSA) is 77.2 Å². The number of urea groups is 1. The maximum Gasteiger partial charge on any atom is 0.322 e. The number of nitrogens with one attached hydrogen (secondary N) is 2. The number of alkyl halides is 2. The van der Waals surface area contributed by atoms with Gasteiger partial charge in [-0.25, -0.2) is 13.6 Å². The van der Waals surface area contributed by atoms with Crippen LogP contribution >= 0.6 is 0 Å². The number of aryl methyl sites for hydroxylation is 1. The first-order valence-corrected chi connectivity index (χ1v) is 12.0. The molecule has 0 bridgehead atoms. The Morgan fingerprint density at radius 1 is 1.11 bits per heavy atom. The normalized spacial score (nSPS) is 20.2. The summed E-state index contributed by atoms with van der Waals surface area (Å²) in [6.45, 7) is 2.93. The van der Waals surface area contributed by atoms with Crippen molar-refractivity contribution in [3.63, 3.8) is 0 Å². The lowest BCUT2D eigenvalue weighted by Gasteiger charge is -2.36. The number of benzene rings is 2. The maximum absolute atomic E-state index is 13.3. The van der Waals surface area contributed by atoms with Crippen molar-refractivity contribution in [2.24, 2.45) is 0 Å². The SMILES string of the molecule is Cc1cc(-c2n[nH]c3cc4c(cc23)CN([C@H]2CN(CC(F)F)C[C@@H]2c2ccccc2)C(=O)N4)ccn1. The van der Waals surface area contributed by atoms with Gasteiger partial charge in [0.15, 0.2) is 0 Å². The minimum absolute atomic E-state index is 0.0507. The van der Waals surface area contributed by atoms with Crippen LogP contribution in [0.2, 0.25) is 0 Å². The lowest BCUT2D eigenvalue weighted by Crippen LogP contribution is -2.48. The van der Waals surface area contributed by atoms with Gasteiger partial charge < -0.3 is 10.2 Å². The van der Waals surface area contributed by atoms with Crippen LogP contribution < -0.4 is 5.32 Å². The van der Waals surface area contributed by atoms with Gasteiger partial charge in [0.2, 0.25) is 0 Å². The van der Waals surface area contributed by atoms with Crippen molar-refractivity contribution in [2.45, 2.75) is 31.9 Å². The monoisotopic (exact) mass is 488 g/mol. The van der Waals surface area contributed by atoms with Crippen LogP contribution in [0.15, 0.2) is 60.8 Å². The zero-order valence-corrected chi connectivity index (χ0v) is 19.8. The Morgan fingerprint density at radius 2 is 1.94 bits per heavy atom. The van der Waals surface area contributed by atoms with E-state index >= 15 is 0 Å². The van der Waals surface area contributed by atoms with Gasteiger partial charge in [-0.1, -0.05) is 30.3 Å². The Kier molecular flexibility index (Phi) is 5.64. The molecule has 0 saturated carbocycles. The van der Waals surface area contributed by atoms with E-state index in [0.29, 0.717) is 19.6 Å². The van der Waals surface area contributed by atoms with E-state index in [0.717, 1.165) is 44.7 Å². The summed E-state index contributed by atoms with van der Waals surface area (Å²) in [5.74, 6) is -0.0507. The molecule has 4 aromatic rings. The molecule has 184 valence electrons. The van der Waals surface area contributed by atoms with Gasteiger partial charge >= 0.3 is 6.03 Å². The highest BCUT2D eigenvalue weighted by molar-refractivity contribution is 6.00. The first-order valence-electron chi connectivity index (χ1n) is 12.0. The number of aromatic amines is 1. The van der Waals surface area contributed by atoms with Crippen LogP contribution in [0.25, 0.3) is 22.2 Å². The standard InChI is InChI=1S/C27H26F2N6O/c1-16-9-18(7-8-30-16)26-20-10-19-12-35(27(36)31-22(19)11-23(20)32-33-26)24-14-34(15-25(28)29)13-21(24)17-5-3-2-4-6-17/h2-11,21,24-25H,12-15H2,1H3,(H,31,36)(H,32,33)/t21-,24+/m1/s1. The Hall–Kier alpha value is -3.85. The number of aromatic nitrogens is 3. The van der Waals surface area contributed by atoms with Gasteiger partial charge in [0.05, 0.1) is 18.1 Å². The number of likely N-dealkylation sites (tertiary alicyclic amines) is 1.